The lowest BCUT2D eigenvalue weighted by Gasteiger charge is -2.28. The molecule has 1 rings (SSSR count). The van der Waals surface area contributed by atoms with Crippen LogP contribution in [0.4, 0.5) is 8.78 Å². The number of benzene rings is 1. The molecule has 47 heavy (non-hydrogen) atoms. The molecule has 0 saturated heterocycles. The van der Waals surface area contributed by atoms with Crippen molar-refractivity contribution in [3.63, 3.8) is 0 Å². The first kappa shape index (κ1) is 48.1. The number of hydrogen-bond donors (Lipinski definition) is 0. The van der Waals surface area contributed by atoms with Crippen LogP contribution in [-0.4, -0.2) is 73.6 Å². The maximum Gasteiger partial charge on any atom is 0.222 e. The Balaban J connectivity index is -0.000000682. The summed E-state index contributed by atoms with van der Waals surface area (Å²) in [7, 11) is 1.98. The summed E-state index contributed by atoms with van der Waals surface area (Å²) in [6, 6.07) is 4.11. The molecular formula is C40H68F2N4O. The number of hydrogen-bond acceptors (Lipinski definition) is 4. The third kappa shape index (κ3) is 27.5. The molecule has 1 amide bonds. The van der Waals surface area contributed by atoms with E-state index in [4.69, 9.17) is 0 Å². The van der Waals surface area contributed by atoms with Crippen molar-refractivity contribution in [2.75, 3.05) is 46.3 Å². The molecular weight excluding hydrogens is 590 g/mol. The first-order chi connectivity index (χ1) is 22.2. The van der Waals surface area contributed by atoms with E-state index in [2.05, 4.69) is 83.1 Å². The molecule has 0 aliphatic rings. The van der Waals surface area contributed by atoms with Crippen molar-refractivity contribution in [2.45, 2.75) is 94.4 Å². The second-order valence-corrected chi connectivity index (χ2v) is 11.9. The van der Waals surface area contributed by atoms with Crippen molar-refractivity contribution in [1.29, 1.82) is 0 Å². The molecule has 0 unspecified atom stereocenters. The minimum atomic E-state index is -0.782. The zero-order valence-corrected chi connectivity index (χ0v) is 31.7. The monoisotopic (exact) mass is 659 g/mol. The number of unbranched alkanes of at least 4 members (excludes halogenated alkanes) is 1. The second kappa shape index (κ2) is 31.3. The van der Waals surface area contributed by atoms with Crippen molar-refractivity contribution in [1.82, 2.24) is 14.7 Å². The fourth-order valence-corrected chi connectivity index (χ4v) is 3.85. The summed E-state index contributed by atoms with van der Waals surface area (Å²) in [4.78, 5) is 22.5. The highest BCUT2D eigenvalue weighted by Crippen LogP contribution is 2.14. The zero-order chi connectivity index (χ0) is 36.8. The number of rotatable bonds is 18. The molecule has 0 aliphatic carbocycles. The van der Waals surface area contributed by atoms with Crippen LogP contribution in [0.1, 0.15) is 93.1 Å². The molecule has 0 heterocycles. The van der Waals surface area contributed by atoms with Crippen LogP contribution in [-0.2, 0) is 4.79 Å². The minimum Gasteiger partial charge on any atom is -0.372 e. The van der Waals surface area contributed by atoms with Crippen LogP contribution in [0.15, 0.2) is 84.2 Å². The number of amides is 1. The molecule has 5 nitrogen and oxygen atoms in total. The standard InChI is InChI=1S/C20H35N3O.C9H19N.C7H6F2.C4H8/c1-8-10-11-12-13-19(21-6)18(5)22(7)14-15-23(16-17(3)4)20(24)9-2;1-4-7-9-10(6-3)8-5-2;1-5-3-2-4-6(8)7(5)9;1-4(2)3/h10-11,13,17H,5-6,8-9,12,14-16H2,1-4,7H3;5H,2,4,6-9H2,1,3H3;2-4H,1H3;1H2,2-3H3/b11-10-,19-13+;;;. The van der Waals surface area contributed by atoms with E-state index in [1.165, 1.54) is 44.0 Å². The predicted molar refractivity (Wildman–Crippen MR) is 204 cm³/mol. The molecule has 0 aromatic heterocycles. The molecule has 0 spiro atoms. The summed E-state index contributed by atoms with van der Waals surface area (Å²) in [6.07, 6.45) is 13.2. The second-order valence-electron chi connectivity index (χ2n) is 11.9. The quantitative estimate of drug-likeness (QED) is 0.0895. The Morgan fingerprint density at radius 1 is 1.02 bits per heavy atom. The SMILES string of the molecule is C=C(C)C.C=CCN(CC)CCCC.C=N/C(=C/C/C=C\CC)C(=C)N(C)CCN(CC(C)C)C(=O)CC.Cc1cccc(F)c1F. The van der Waals surface area contributed by atoms with Gasteiger partial charge < -0.3 is 9.80 Å². The molecule has 268 valence electrons. The lowest BCUT2D eigenvalue weighted by Crippen LogP contribution is -2.39. The largest absolute Gasteiger partial charge is 0.372 e. The Kier molecular flexibility index (Phi) is 32.0. The van der Waals surface area contributed by atoms with Gasteiger partial charge in [-0.3, -0.25) is 14.7 Å². The van der Waals surface area contributed by atoms with E-state index in [9.17, 15) is 13.6 Å². The molecule has 0 bridgehead atoms. The fourth-order valence-electron chi connectivity index (χ4n) is 3.85. The summed E-state index contributed by atoms with van der Waals surface area (Å²) in [5.74, 6) is -0.873. The van der Waals surface area contributed by atoms with E-state index in [1.807, 2.05) is 49.8 Å². The summed E-state index contributed by atoms with van der Waals surface area (Å²) >= 11 is 0. The van der Waals surface area contributed by atoms with E-state index in [-0.39, 0.29) is 5.91 Å². The Morgan fingerprint density at radius 3 is 2.06 bits per heavy atom. The van der Waals surface area contributed by atoms with Crippen LogP contribution in [0, 0.1) is 24.5 Å². The molecule has 7 heteroatoms. The predicted octanol–water partition coefficient (Wildman–Crippen LogP) is 10.4. The first-order valence-electron chi connectivity index (χ1n) is 17.0. The number of likely N-dealkylation sites (N-methyl/N-ethyl adjacent to an activating group) is 2. The average molecular weight is 659 g/mol. The van der Waals surface area contributed by atoms with Gasteiger partial charge in [0.05, 0.1) is 11.4 Å². The summed E-state index contributed by atoms with van der Waals surface area (Å²) in [6.45, 7) is 38.8. The Labute approximate surface area is 288 Å². The van der Waals surface area contributed by atoms with Gasteiger partial charge in [0.2, 0.25) is 5.91 Å². The van der Waals surface area contributed by atoms with Crippen LogP contribution in [0.2, 0.25) is 0 Å². The van der Waals surface area contributed by atoms with Crippen LogP contribution in [0.5, 0.6) is 0 Å². The van der Waals surface area contributed by atoms with E-state index >= 15 is 0 Å². The normalized spacial score (nSPS) is 10.6. The van der Waals surface area contributed by atoms with E-state index in [1.54, 1.807) is 0 Å². The van der Waals surface area contributed by atoms with Gasteiger partial charge in [-0.2, -0.15) is 0 Å². The highest BCUT2D eigenvalue weighted by atomic mass is 19.2. The molecule has 1 aromatic carbocycles. The van der Waals surface area contributed by atoms with Crippen molar-refractivity contribution < 1.29 is 13.6 Å². The smallest absolute Gasteiger partial charge is 0.222 e. The lowest BCUT2D eigenvalue weighted by atomic mass is 10.2. The number of carbonyl (C=O) groups is 1. The summed E-state index contributed by atoms with van der Waals surface area (Å²) < 4.78 is 24.6. The van der Waals surface area contributed by atoms with Crippen LogP contribution >= 0.6 is 0 Å². The van der Waals surface area contributed by atoms with Gasteiger partial charge in [0, 0.05) is 39.6 Å². The van der Waals surface area contributed by atoms with Gasteiger partial charge in [-0.15, -0.1) is 13.2 Å². The lowest BCUT2D eigenvalue weighted by molar-refractivity contribution is -0.131. The molecule has 0 saturated carbocycles. The number of aliphatic imine (C=N–C) groups is 1. The van der Waals surface area contributed by atoms with Gasteiger partial charge in [0.25, 0.3) is 0 Å². The Hall–Kier alpha value is -3.32. The van der Waals surface area contributed by atoms with Crippen LogP contribution in [0.25, 0.3) is 0 Å². The molecule has 0 fully saturated rings. The Morgan fingerprint density at radius 2 is 1.64 bits per heavy atom. The van der Waals surface area contributed by atoms with Gasteiger partial charge in [0.1, 0.15) is 0 Å². The topological polar surface area (TPSA) is 39.1 Å². The van der Waals surface area contributed by atoms with Crippen molar-refractivity contribution in [3.05, 3.63) is 96.4 Å². The van der Waals surface area contributed by atoms with E-state index in [0.717, 1.165) is 56.5 Å². The summed E-state index contributed by atoms with van der Waals surface area (Å²) in [5.41, 5.74) is 3.15. The number of nitrogens with zero attached hydrogens (tertiary/aromatic N) is 4. The fraction of sp³-hybridized carbons (Fsp3) is 0.550. The average Bonchev–Trinajstić information content (AvgIpc) is 3.03. The molecule has 0 aliphatic heterocycles. The highest BCUT2D eigenvalue weighted by molar-refractivity contribution is 5.75. The maximum atomic E-state index is 12.4. The molecule has 0 radical (unpaired) electrons. The molecule has 0 N–H and O–H groups in total. The van der Waals surface area contributed by atoms with E-state index < -0.39 is 11.6 Å². The van der Waals surface area contributed by atoms with Gasteiger partial charge in [-0.05, 0) is 77.4 Å². The van der Waals surface area contributed by atoms with Gasteiger partial charge in [0.15, 0.2) is 11.6 Å². The number of halogens is 2. The van der Waals surface area contributed by atoms with Crippen molar-refractivity contribution in [2.24, 2.45) is 10.9 Å². The van der Waals surface area contributed by atoms with Gasteiger partial charge in [-0.1, -0.05) is 96.6 Å². The highest BCUT2D eigenvalue weighted by Gasteiger charge is 2.15. The molecule has 0 atom stereocenters. The van der Waals surface area contributed by atoms with Crippen molar-refractivity contribution in [3.8, 4) is 0 Å². The third-order valence-electron chi connectivity index (χ3n) is 6.53. The van der Waals surface area contributed by atoms with Crippen LogP contribution < -0.4 is 0 Å². The van der Waals surface area contributed by atoms with Crippen LogP contribution in [0.3, 0.4) is 0 Å². The minimum absolute atomic E-state index is 0.199. The maximum absolute atomic E-state index is 12.4. The van der Waals surface area contributed by atoms with Gasteiger partial charge >= 0.3 is 0 Å². The molecule has 1 aromatic rings. The number of aryl methyl sites for hydroxylation is 1. The Bertz CT molecular complexity index is 1050. The van der Waals surface area contributed by atoms with E-state index in [0.29, 0.717) is 24.4 Å². The van der Waals surface area contributed by atoms with Crippen molar-refractivity contribution >= 4 is 12.6 Å². The third-order valence-corrected chi connectivity index (χ3v) is 6.53. The van der Waals surface area contributed by atoms with Gasteiger partial charge in [-0.25, -0.2) is 8.78 Å². The number of carbonyl (C=O) groups excluding carboxylic acids is 1. The summed E-state index contributed by atoms with van der Waals surface area (Å²) in [5, 5.41) is 0. The zero-order valence-electron chi connectivity index (χ0n) is 31.7. The number of allylic oxidation sites excluding steroid dienone is 4. The first-order valence-corrected chi connectivity index (χ1v) is 17.0.